The zero-order chi connectivity index (χ0) is 6.53. The van der Waals surface area contributed by atoms with Gasteiger partial charge in [-0.25, -0.2) is 0 Å². The van der Waals surface area contributed by atoms with Crippen LogP contribution in [0, 0.1) is 0 Å². The topological polar surface area (TPSA) is 24.1 Å². The highest BCUT2D eigenvalue weighted by molar-refractivity contribution is 14.1. The Bertz CT molecular complexity index is 69.5. The van der Waals surface area contributed by atoms with E-state index in [2.05, 4.69) is 31.7 Å². The van der Waals surface area contributed by atoms with Crippen LogP contribution in [-0.4, -0.2) is 19.1 Å². The van der Waals surface area contributed by atoms with Crippen molar-refractivity contribution >= 4 is 22.9 Å². The fourth-order valence-corrected chi connectivity index (χ4v) is 1.75. The van der Waals surface area contributed by atoms with Crippen molar-refractivity contribution in [2.75, 3.05) is 13.1 Å². The van der Waals surface area contributed by atoms with Gasteiger partial charge in [0.05, 0.1) is 0 Å². The second-order valence-corrected chi connectivity index (χ2v) is 3.11. The number of nitrogens with one attached hydrogen (secondary N) is 2. The van der Waals surface area contributed by atoms with Gasteiger partial charge in [0.1, 0.15) is 0 Å². The van der Waals surface area contributed by atoms with E-state index in [-0.39, 0.29) is 0 Å². The second-order valence-electron chi connectivity index (χ2n) is 2.49. The summed E-state index contributed by atoms with van der Waals surface area (Å²) in [6.07, 6.45) is 3.93. The molecule has 0 amide bonds. The van der Waals surface area contributed by atoms with Crippen molar-refractivity contribution < 1.29 is 0 Å². The Kier molecular flexibility index (Phi) is 3.85. The Morgan fingerprint density at radius 1 is 1.33 bits per heavy atom. The first kappa shape index (κ1) is 7.75. The molecule has 1 rings (SSSR count). The predicted octanol–water partition coefficient (Wildman–Crippen LogP) is 1.07. The largest absolute Gasteiger partial charge is 0.317 e. The minimum atomic E-state index is 0.751. The third kappa shape index (κ3) is 2.82. The molecule has 1 fully saturated rings. The van der Waals surface area contributed by atoms with Gasteiger partial charge in [0.15, 0.2) is 0 Å². The van der Waals surface area contributed by atoms with Crippen molar-refractivity contribution in [2.45, 2.75) is 25.3 Å². The van der Waals surface area contributed by atoms with Crippen LogP contribution >= 0.6 is 22.9 Å². The number of hydrogen-bond donors (Lipinski definition) is 2. The van der Waals surface area contributed by atoms with Gasteiger partial charge in [-0.3, -0.25) is 3.53 Å². The highest BCUT2D eigenvalue weighted by Crippen LogP contribution is 2.05. The number of rotatable bonds is 1. The molecule has 54 valence electrons. The lowest BCUT2D eigenvalue weighted by atomic mass is 10.1. The Balaban J connectivity index is 2.18. The predicted molar refractivity (Wildman–Crippen MR) is 47.7 cm³/mol. The van der Waals surface area contributed by atoms with E-state index in [1.807, 2.05) is 0 Å². The summed E-state index contributed by atoms with van der Waals surface area (Å²) in [7, 11) is 0. The molecular formula is C6H13IN2. The normalized spacial score (nSPS) is 29.7. The highest BCUT2D eigenvalue weighted by atomic mass is 127. The molecule has 2 N–H and O–H groups in total. The maximum absolute atomic E-state index is 3.37. The van der Waals surface area contributed by atoms with Crippen LogP contribution in [0.1, 0.15) is 19.3 Å². The Morgan fingerprint density at radius 3 is 3.00 bits per heavy atom. The Labute approximate surface area is 70.3 Å². The monoisotopic (exact) mass is 240 g/mol. The van der Waals surface area contributed by atoms with Crippen LogP contribution in [0.3, 0.4) is 0 Å². The van der Waals surface area contributed by atoms with Gasteiger partial charge in [-0.05, 0) is 32.4 Å². The van der Waals surface area contributed by atoms with Gasteiger partial charge in [-0.1, -0.05) is 0 Å². The fourth-order valence-electron chi connectivity index (χ4n) is 1.13. The molecule has 1 aliphatic rings. The lowest BCUT2D eigenvalue weighted by molar-refractivity contribution is 0.578. The smallest absolute Gasteiger partial charge is 0.0176 e. The van der Waals surface area contributed by atoms with Crippen LogP contribution in [0.15, 0.2) is 0 Å². The maximum atomic E-state index is 3.37. The lowest BCUT2D eigenvalue weighted by Gasteiger charge is -2.08. The minimum absolute atomic E-state index is 0.751. The molecule has 2 nitrogen and oxygen atoms in total. The Hall–Kier alpha value is 0.650. The van der Waals surface area contributed by atoms with Crippen molar-refractivity contribution in [3.63, 3.8) is 0 Å². The molecule has 0 aromatic carbocycles. The van der Waals surface area contributed by atoms with Crippen LogP contribution in [0.5, 0.6) is 0 Å². The summed E-state index contributed by atoms with van der Waals surface area (Å²) >= 11 is 2.25. The van der Waals surface area contributed by atoms with Crippen LogP contribution in [-0.2, 0) is 0 Å². The SMILES string of the molecule is INC1CCCNCC1. The average Bonchev–Trinajstić information content (AvgIpc) is 2.13. The molecule has 1 atom stereocenters. The van der Waals surface area contributed by atoms with E-state index < -0.39 is 0 Å². The van der Waals surface area contributed by atoms with Crippen LogP contribution in [0.4, 0.5) is 0 Å². The summed E-state index contributed by atoms with van der Waals surface area (Å²) in [6, 6.07) is 0.751. The van der Waals surface area contributed by atoms with Gasteiger partial charge in [0.25, 0.3) is 0 Å². The number of hydrogen-bond acceptors (Lipinski definition) is 2. The van der Waals surface area contributed by atoms with Crippen LogP contribution in [0.2, 0.25) is 0 Å². The molecule has 1 heterocycles. The van der Waals surface area contributed by atoms with Crippen molar-refractivity contribution in [3.8, 4) is 0 Å². The zero-order valence-electron chi connectivity index (χ0n) is 5.49. The molecule has 3 heteroatoms. The fraction of sp³-hybridized carbons (Fsp3) is 1.00. The Morgan fingerprint density at radius 2 is 2.22 bits per heavy atom. The molecule has 0 bridgehead atoms. The standard InChI is InChI=1S/C6H13IN2/c7-9-6-2-1-4-8-5-3-6/h6,8-9H,1-5H2. The van der Waals surface area contributed by atoms with Gasteiger partial charge < -0.3 is 5.32 Å². The number of halogens is 1. The zero-order valence-corrected chi connectivity index (χ0v) is 7.65. The van der Waals surface area contributed by atoms with Gasteiger partial charge in [0.2, 0.25) is 0 Å². The van der Waals surface area contributed by atoms with E-state index >= 15 is 0 Å². The van der Waals surface area contributed by atoms with Gasteiger partial charge in [-0.2, -0.15) is 0 Å². The first-order valence-corrected chi connectivity index (χ1v) is 4.58. The van der Waals surface area contributed by atoms with E-state index in [9.17, 15) is 0 Å². The van der Waals surface area contributed by atoms with Gasteiger partial charge in [0, 0.05) is 28.9 Å². The third-order valence-corrected chi connectivity index (χ3v) is 2.61. The average molecular weight is 240 g/mol. The van der Waals surface area contributed by atoms with Crippen LogP contribution in [0.25, 0.3) is 0 Å². The molecule has 1 aliphatic heterocycles. The van der Waals surface area contributed by atoms with E-state index in [1.165, 1.54) is 32.4 Å². The first-order valence-electron chi connectivity index (χ1n) is 3.50. The molecule has 0 spiro atoms. The van der Waals surface area contributed by atoms with Gasteiger partial charge >= 0.3 is 0 Å². The van der Waals surface area contributed by atoms with Crippen LogP contribution < -0.4 is 8.85 Å². The van der Waals surface area contributed by atoms with Gasteiger partial charge in [-0.15, -0.1) is 0 Å². The summed E-state index contributed by atoms with van der Waals surface area (Å²) in [5, 5.41) is 3.37. The summed E-state index contributed by atoms with van der Waals surface area (Å²) in [5.74, 6) is 0. The lowest BCUT2D eigenvalue weighted by Crippen LogP contribution is -2.21. The summed E-state index contributed by atoms with van der Waals surface area (Å²) in [5.41, 5.74) is 0. The summed E-state index contributed by atoms with van der Waals surface area (Å²) in [6.45, 7) is 2.38. The third-order valence-electron chi connectivity index (χ3n) is 1.73. The molecule has 0 saturated carbocycles. The molecular weight excluding hydrogens is 227 g/mol. The van der Waals surface area contributed by atoms with Crippen molar-refractivity contribution in [3.05, 3.63) is 0 Å². The molecule has 0 radical (unpaired) electrons. The summed E-state index contributed by atoms with van der Waals surface area (Å²) in [4.78, 5) is 0. The van der Waals surface area contributed by atoms with E-state index in [4.69, 9.17) is 0 Å². The second kappa shape index (κ2) is 4.46. The van der Waals surface area contributed by atoms with Crippen molar-refractivity contribution in [1.29, 1.82) is 0 Å². The molecule has 0 aliphatic carbocycles. The van der Waals surface area contributed by atoms with E-state index in [0.717, 1.165) is 6.04 Å². The quantitative estimate of drug-likeness (QED) is 0.529. The van der Waals surface area contributed by atoms with Crippen molar-refractivity contribution in [2.24, 2.45) is 0 Å². The summed E-state index contributed by atoms with van der Waals surface area (Å²) < 4.78 is 3.27. The molecule has 1 unspecified atom stereocenters. The van der Waals surface area contributed by atoms with Crippen molar-refractivity contribution in [1.82, 2.24) is 8.85 Å². The highest BCUT2D eigenvalue weighted by Gasteiger charge is 2.08. The molecule has 9 heavy (non-hydrogen) atoms. The van der Waals surface area contributed by atoms with E-state index in [0.29, 0.717) is 0 Å². The first-order chi connectivity index (χ1) is 4.43. The maximum Gasteiger partial charge on any atom is 0.0176 e. The minimum Gasteiger partial charge on any atom is -0.317 e. The molecule has 0 aromatic rings. The molecule has 0 aromatic heterocycles. The van der Waals surface area contributed by atoms with E-state index in [1.54, 1.807) is 0 Å². The molecule has 1 saturated heterocycles.